The van der Waals surface area contributed by atoms with Gasteiger partial charge in [0.15, 0.2) is 6.61 Å². The second-order valence-corrected chi connectivity index (χ2v) is 8.15. The molecule has 2 aromatic carbocycles. The van der Waals surface area contributed by atoms with Gasteiger partial charge in [-0.2, -0.15) is 0 Å². The van der Waals surface area contributed by atoms with Gasteiger partial charge >= 0.3 is 5.97 Å². The fraction of sp³-hybridized carbons (Fsp3) is 0.269. The smallest absolute Gasteiger partial charge is 0.338 e. The van der Waals surface area contributed by atoms with Gasteiger partial charge in [-0.3, -0.25) is 9.59 Å². The Morgan fingerprint density at radius 1 is 0.938 bits per heavy atom. The molecule has 1 aliphatic rings. The monoisotopic (exact) mass is 430 g/mol. The van der Waals surface area contributed by atoms with Crippen LogP contribution in [0.25, 0.3) is 5.69 Å². The van der Waals surface area contributed by atoms with Crippen LogP contribution >= 0.6 is 0 Å². The molecule has 0 atom stereocenters. The number of nitrogens with zero attached hydrogens (tertiary/aromatic N) is 2. The Morgan fingerprint density at radius 3 is 2.22 bits per heavy atom. The highest BCUT2D eigenvalue weighted by molar-refractivity contribution is 6.01. The Morgan fingerprint density at radius 2 is 1.59 bits per heavy atom. The molecule has 1 saturated heterocycles. The van der Waals surface area contributed by atoms with Gasteiger partial charge in [0.2, 0.25) is 11.7 Å². The molecule has 1 amide bonds. The average molecular weight is 431 g/mol. The molecule has 1 fully saturated rings. The SMILES string of the molecule is Cc1ccc(-n2c(C)cc(C(=O)COC(=O)c3ccc(N4CCCC4=O)cc3)c2C)cc1. The van der Waals surface area contributed by atoms with Crippen LogP contribution in [0.1, 0.15) is 50.5 Å². The van der Waals surface area contributed by atoms with Gasteiger partial charge in [0.05, 0.1) is 5.56 Å². The van der Waals surface area contributed by atoms with Crippen molar-refractivity contribution in [2.45, 2.75) is 33.6 Å². The van der Waals surface area contributed by atoms with Crippen LogP contribution in [0.15, 0.2) is 54.6 Å². The van der Waals surface area contributed by atoms with E-state index >= 15 is 0 Å². The van der Waals surface area contributed by atoms with Crippen LogP contribution in [0.3, 0.4) is 0 Å². The number of aryl methyl sites for hydroxylation is 2. The molecule has 0 bridgehead atoms. The summed E-state index contributed by atoms with van der Waals surface area (Å²) in [6, 6.07) is 16.6. The zero-order valence-corrected chi connectivity index (χ0v) is 18.6. The third-order valence-corrected chi connectivity index (χ3v) is 5.85. The number of hydrogen-bond acceptors (Lipinski definition) is 4. The summed E-state index contributed by atoms with van der Waals surface area (Å²) >= 11 is 0. The van der Waals surface area contributed by atoms with Crippen LogP contribution in [0, 0.1) is 20.8 Å². The minimum Gasteiger partial charge on any atom is -0.454 e. The number of carbonyl (C=O) groups excluding carboxylic acids is 3. The van der Waals surface area contributed by atoms with Crippen LogP contribution in [0.2, 0.25) is 0 Å². The fourth-order valence-electron chi connectivity index (χ4n) is 4.13. The Labute approximate surface area is 187 Å². The van der Waals surface area contributed by atoms with Crippen molar-refractivity contribution in [3.8, 4) is 5.69 Å². The third kappa shape index (κ3) is 4.21. The van der Waals surface area contributed by atoms with E-state index in [2.05, 4.69) is 0 Å². The number of rotatable bonds is 6. The second-order valence-electron chi connectivity index (χ2n) is 8.15. The number of benzene rings is 2. The first-order chi connectivity index (χ1) is 15.3. The number of esters is 1. The van der Waals surface area contributed by atoms with Crippen LogP contribution in [0.4, 0.5) is 5.69 Å². The van der Waals surface area contributed by atoms with E-state index in [1.54, 1.807) is 29.2 Å². The highest BCUT2D eigenvalue weighted by Crippen LogP contribution is 2.23. The van der Waals surface area contributed by atoms with Gasteiger partial charge in [0.1, 0.15) is 0 Å². The van der Waals surface area contributed by atoms with E-state index in [1.165, 1.54) is 5.56 Å². The summed E-state index contributed by atoms with van der Waals surface area (Å²) in [6.45, 7) is 6.23. The summed E-state index contributed by atoms with van der Waals surface area (Å²) in [6.07, 6.45) is 1.39. The lowest BCUT2D eigenvalue weighted by Gasteiger charge is -2.15. The van der Waals surface area contributed by atoms with Crippen molar-refractivity contribution >= 4 is 23.3 Å². The number of Topliss-reactive ketones (excluding diaryl/α,β-unsaturated/α-hetero) is 1. The predicted molar refractivity (Wildman–Crippen MR) is 123 cm³/mol. The number of hydrogen-bond donors (Lipinski definition) is 0. The highest BCUT2D eigenvalue weighted by Gasteiger charge is 2.22. The van der Waals surface area contributed by atoms with Crippen LogP contribution in [0.5, 0.6) is 0 Å². The van der Waals surface area contributed by atoms with Crippen molar-refractivity contribution < 1.29 is 19.1 Å². The Balaban J connectivity index is 1.42. The van der Waals surface area contributed by atoms with Crippen molar-refractivity contribution in [3.63, 3.8) is 0 Å². The van der Waals surface area contributed by atoms with E-state index in [1.807, 2.05) is 55.7 Å². The number of anilines is 1. The molecule has 2 heterocycles. The molecule has 0 radical (unpaired) electrons. The van der Waals surface area contributed by atoms with Gasteiger partial charge in [0, 0.05) is 41.3 Å². The number of ether oxygens (including phenoxy) is 1. The molecule has 0 spiro atoms. The molecule has 0 unspecified atom stereocenters. The van der Waals surface area contributed by atoms with E-state index < -0.39 is 5.97 Å². The number of carbonyl (C=O) groups is 3. The Hall–Kier alpha value is -3.67. The second kappa shape index (κ2) is 8.83. The minimum absolute atomic E-state index is 0.0918. The number of amides is 1. The van der Waals surface area contributed by atoms with Crippen LogP contribution in [-0.2, 0) is 9.53 Å². The maximum atomic E-state index is 12.8. The van der Waals surface area contributed by atoms with Gasteiger partial charge in [-0.05, 0) is 69.7 Å². The molecule has 4 rings (SSSR count). The van der Waals surface area contributed by atoms with E-state index in [0.717, 1.165) is 29.2 Å². The Kier molecular flexibility index (Phi) is 5.95. The molecule has 32 heavy (non-hydrogen) atoms. The van der Waals surface area contributed by atoms with Gasteiger partial charge in [0.25, 0.3) is 0 Å². The molecule has 164 valence electrons. The quantitative estimate of drug-likeness (QED) is 0.424. The summed E-state index contributed by atoms with van der Waals surface area (Å²) in [5.74, 6) is -0.719. The molecule has 0 aliphatic carbocycles. The molecule has 1 aromatic heterocycles. The molecule has 0 saturated carbocycles. The maximum absolute atomic E-state index is 12.8. The van der Waals surface area contributed by atoms with E-state index in [0.29, 0.717) is 24.1 Å². The summed E-state index contributed by atoms with van der Waals surface area (Å²) in [7, 11) is 0. The lowest BCUT2D eigenvalue weighted by atomic mass is 10.1. The Bertz CT molecular complexity index is 1170. The number of ketones is 1. The van der Waals surface area contributed by atoms with Gasteiger partial charge < -0.3 is 14.2 Å². The first-order valence-corrected chi connectivity index (χ1v) is 10.7. The van der Waals surface area contributed by atoms with E-state index in [-0.39, 0.29) is 18.3 Å². The first kappa shape index (κ1) is 21.6. The van der Waals surface area contributed by atoms with Crippen molar-refractivity contribution in [2.75, 3.05) is 18.1 Å². The lowest BCUT2D eigenvalue weighted by Crippen LogP contribution is -2.23. The molecule has 6 nitrogen and oxygen atoms in total. The van der Waals surface area contributed by atoms with Crippen molar-refractivity contribution in [2.24, 2.45) is 0 Å². The maximum Gasteiger partial charge on any atom is 0.338 e. The molecule has 0 N–H and O–H groups in total. The molecular formula is C26H26N2O4. The van der Waals surface area contributed by atoms with Crippen LogP contribution in [-0.4, -0.2) is 35.4 Å². The zero-order chi connectivity index (χ0) is 22.8. The highest BCUT2D eigenvalue weighted by atomic mass is 16.5. The molecule has 6 heteroatoms. The standard InChI is InChI=1S/C26H26N2O4/c1-17-6-10-22(11-7-17)28-18(2)15-23(19(28)3)24(29)16-32-26(31)20-8-12-21(13-9-20)27-14-4-5-25(27)30/h6-13,15H,4-5,14,16H2,1-3H3. The fourth-order valence-corrected chi connectivity index (χ4v) is 4.13. The summed E-state index contributed by atoms with van der Waals surface area (Å²) in [5, 5.41) is 0. The van der Waals surface area contributed by atoms with E-state index in [4.69, 9.17) is 4.74 Å². The topological polar surface area (TPSA) is 68.6 Å². The average Bonchev–Trinajstić information content (AvgIpc) is 3.35. The largest absolute Gasteiger partial charge is 0.454 e. The van der Waals surface area contributed by atoms with Crippen molar-refractivity contribution in [1.82, 2.24) is 4.57 Å². The van der Waals surface area contributed by atoms with Crippen molar-refractivity contribution in [3.05, 3.63) is 82.7 Å². The third-order valence-electron chi connectivity index (χ3n) is 5.85. The van der Waals surface area contributed by atoms with Gasteiger partial charge in [-0.15, -0.1) is 0 Å². The lowest BCUT2D eigenvalue weighted by molar-refractivity contribution is -0.117. The first-order valence-electron chi connectivity index (χ1n) is 10.7. The van der Waals surface area contributed by atoms with Crippen LogP contribution < -0.4 is 4.90 Å². The summed E-state index contributed by atoms with van der Waals surface area (Å²) in [4.78, 5) is 38.8. The molecular weight excluding hydrogens is 404 g/mol. The predicted octanol–water partition coefficient (Wildman–Crippen LogP) is 4.57. The van der Waals surface area contributed by atoms with Crippen molar-refractivity contribution in [1.29, 1.82) is 0 Å². The molecule has 1 aliphatic heterocycles. The minimum atomic E-state index is -0.565. The molecule has 3 aromatic rings. The number of aromatic nitrogens is 1. The summed E-state index contributed by atoms with van der Waals surface area (Å²) < 4.78 is 7.30. The van der Waals surface area contributed by atoms with Gasteiger partial charge in [-0.25, -0.2) is 4.79 Å². The summed E-state index contributed by atoms with van der Waals surface area (Å²) in [5.41, 5.74) is 5.55. The van der Waals surface area contributed by atoms with E-state index in [9.17, 15) is 14.4 Å². The zero-order valence-electron chi connectivity index (χ0n) is 18.6. The normalized spacial score (nSPS) is 13.5. The van der Waals surface area contributed by atoms with Gasteiger partial charge in [-0.1, -0.05) is 17.7 Å².